The van der Waals surface area contributed by atoms with Gasteiger partial charge in [0.2, 0.25) is 10.0 Å². The third-order valence-corrected chi connectivity index (χ3v) is 9.57. The Hall–Kier alpha value is -3.23. The number of sulfonamides is 1. The van der Waals surface area contributed by atoms with E-state index in [9.17, 15) is 18.3 Å². The van der Waals surface area contributed by atoms with Gasteiger partial charge in [0, 0.05) is 33.3 Å². The van der Waals surface area contributed by atoms with Crippen molar-refractivity contribution in [1.29, 1.82) is 0 Å². The standard InChI is InChI=1S/C30H40N4O8S/c1-19(2)17-34(43(37,38)21-10-11-23-26(15-21)41-29(32-23)33(3)4)24(14-20-8-6-5-7-9-20)25(35)16-31-30(36)42-27-18-40-28-22(27)12-13-39-28/h5-11,15,19,22,24-25,27-28,35H,12-14,16-18H2,1-4H3,(H,31,36). The van der Waals surface area contributed by atoms with Crippen LogP contribution in [0.25, 0.3) is 11.1 Å². The van der Waals surface area contributed by atoms with E-state index in [1.54, 1.807) is 25.1 Å². The number of aliphatic hydroxyl groups is 1. The van der Waals surface area contributed by atoms with Crippen LogP contribution in [0, 0.1) is 11.8 Å². The Balaban J connectivity index is 1.39. The summed E-state index contributed by atoms with van der Waals surface area (Å²) in [6, 6.07) is 13.4. The maximum atomic E-state index is 14.3. The van der Waals surface area contributed by atoms with Crippen molar-refractivity contribution < 1.29 is 36.9 Å². The lowest BCUT2D eigenvalue weighted by Crippen LogP contribution is -2.53. The average Bonchev–Trinajstić information content (AvgIpc) is 3.71. The van der Waals surface area contributed by atoms with Crippen molar-refractivity contribution in [1.82, 2.24) is 14.6 Å². The molecular weight excluding hydrogens is 576 g/mol. The quantitative estimate of drug-likeness (QED) is 0.312. The number of aromatic nitrogens is 1. The van der Waals surface area contributed by atoms with Crippen LogP contribution in [0.15, 0.2) is 57.8 Å². The van der Waals surface area contributed by atoms with E-state index in [-0.39, 0.29) is 49.1 Å². The minimum Gasteiger partial charge on any atom is -0.443 e. The maximum absolute atomic E-state index is 14.3. The molecule has 0 bridgehead atoms. The van der Waals surface area contributed by atoms with Gasteiger partial charge >= 0.3 is 6.09 Å². The largest absolute Gasteiger partial charge is 0.443 e. The molecule has 0 spiro atoms. The number of oxazole rings is 1. The van der Waals surface area contributed by atoms with Gasteiger partial charge in [-0.05, 0) is 36.5 Å². The highest BCUT2D eigenvalue weighted by molar-refractivity contribution is 7.89. The number of hydrogen-bond acceptors (Lipinski definition) is 10. The highest BCUT2D eigenvalue weighted by atomic mass is 32.2. The van der Waals surface area contributed by atoms with Gasteiger partial charge in [-0.3, -0.25) is 0 Å². The van der Waals surface area contributed by atoms with Crippen LogP contribution in [0.2, 0.25) is 0 Å². The number of fused-ring (bicyclic) bond motifs is 2. The molecule has 2 aliphatic rings. The fourth-order valence-corrected chi connectivity index (χ4v) is 7.32. The molecule has 43 heavy (non-hydrogen) atoms. The van der Waals surface area contributed by atoms with Crippen molar-refractivity contribution in [3.05, 3.63) is 54.1 Å². The number of ether oxygens (including phenoxy) is 3. The second kappa shape index (κ2) is 13.2. The number of nitrogens with zero attached hydrogens (tertiary/aromatic N) is 3. The second-order valence-corrected chi connectivity index (χ2v) is 13.6. The topological polar surface area (TPSA) is 144 Å². The fourth-order valence-electron chi connectivity index (χ4n) is 5.49. The summed E-state index contributed by atoms with van der Waals surface area (Å²) < 4.78 is 52.3. The summed E-state index contributed by atoms with van der Waals surface area (Å²) >= 11 is 0. The molecule has 2 fully saturated rings. The number of nitrogens with one attached hydrogen (secondary N) is 1. The maximum Gasteiger partial charge on any atom is 0.407 e. The summed E-state index contributed by atoms with van der Waals surface area (Å²) in [4.78, 5) is 18.8. The Morgan fingerprint density at radius 3 is 2.65 bits per heavy atom. The van der Waals surface area contributed by atoms with Gasteiger partial charge in [-0.1, -0.05) is 44.2 Å². The summed E-state index contributed by atoms with van der Waals surface area (Å²) in [6.45, 7) is 4.55. The van der Waals surface area contributed by atoms with Gasteiger partial charge < -0.3 is 34.0 Å². The van der Waals surface area contributed by atoms with Crippen LogP contribution in [0.1, 0.15) is 25.8 Å². The monoisotopic (exact) mass is 616 g/mol. The number of anilines is 1. The first-order valence-electron chi connectivity index (χ1n) is 14.5. The lowest BCUT2D eigenvalue weighted by molar-refractivity contribution is -0.0907. The van der Waals surface area contributed by atoms with Gasteiger partial charge in [0.15, 0.2) is 11.9 Å². The molecule has 2 N–H and O–H groups in total. The predicted octanol–water partition coefficient (Wildman–Crippen LogP) is 3.00. The van der Waals surface area contributed by atoms with E-state index in [1.165, 1.54) is 16.4 Å². The Morgan fingerprint density at radius 2 is 1.93 bits per heavy atom. The summed E-state index contributed by atoms with van der Waals surface area (Å²) in [6.07, 6.45) is -1.80. The number of amides is 1. The van der Waals surface area contributed by atoms with Gasteiger partial charge in [0.1, 0.15) is 11.6 Å². The fraction of sp³-hybridized carbons (Fsp3) is 0.533. The molecule has 0 saturated carbocycles. The van der Waals surface area contributed by atoms with E-state index in [1.807, 2.05) is 44.2 Å². The van der Waals surface area contributed by atoms with Crippen molar-refractivity contribution in [2.45, 2.75) is 56.1 Å². The highest BCUT2D eigenvalue weighted by Crippen LogP contribution is 2.33. The molecule has 0 radical (unpaired) electrons. The van der Waals surface area contributed by atoms with Crippen LogP contribution >= 0.6 is 0 Å². The van der Waals surface area contributed by atoms with E-state index in [0.717, 1.165) is 12.0 Å². The first-order valence-corrected chi connectivity index (χ1v) is 16.0. The van der Waals surface area contributed by atoms with E-state index in [0.29, 0.717) is 23.7 Å². The van der Waals surface area contributed by atoms with Crippen LogP contribution < -0.4 is 10.2 Å². The third-order valence-electron chi connectivity index (χ3n) is 7.68. The molecule has 5 unspecified atom stereocenters. The summed E-state index contributed by atoms with van der Waals surface area (Å²) in [7, 11) is -0.562. The molecular formula is C30H40N4O8S. The van der Waals surface area contributed by atoms with Gasteiger partial charge in [0.25, 0.3) is 6.01 Å². The minimum atomic E-state index is -4.13. The van der Waals surface area contributed by atoms with Gasteiger partial charge in [-0.2, -0.15) is 9.29 Å². The van der Waals surface area contributed by atoms with E-state index in [2.05, 4.69) is 10.3 Å². The second-order valence-electron chi connectivity index (χ2n) is 11.7. The molecule has 234 valence electrons. The molecule has 12 nitrogen and oxygen atoms in total. The van der Waals surface area contributed by atoms with Crippen molar-refractivity contribution in [2.24, 2.45) is 11.8 Å². The van der Waals surface area contributed by atoms with Crippen LogP contribution in [-0.4, -0.2) is 93.8 Å². The molecule has 2 aliphatic heterocycles. The van der Waals surface area contributed by atoms with Crippen LogP contribution in [0.3, 0.4) is 0 Å². The Morgan fingerprint density at radius 1 is 1.16 bits per heavy atom. The van der Waals surface area contributed by atoms with Gasteiger partial charge in [0.05, 0.1) is 36.2 Å². The first-order chi connectivity index (χ1) is 20.5. The molecule has 1 amide bonds. The number of rotatable bonds is 12. The summed E-state index contributed by atoms with van der Waals surface area (Å²) in [5, 5.41) is 14.1. The number of aliphatic hydroxyl groups excluding tert-OH is 1. The minimum absolute atomic E-state index is 0.0225. The molecule has 0 aliphatic carbocycles. The van der Waals surface area contributed by atoms with Crippen molar-refractivity contribution in [2.75, 3.05) is 45.3 Å². The first kappa shape index (κ1) is 31.2. The van der Waals surface area contributed by atoms with Crippen molar-refractivity contribution >= 4 is 33.2 Å². The van der Waals surface area contributed by atoms with E-state index in [4.69, 9.17) is 18.6 Å². The van der Waals surface area contributed by atoms with Crippen molar-refractivity contribution in [3.63, 3.8) is 0 Å². The zero-order chi connectivity index (χ0) is 30.7. The Labute approximate surface area is 252 Å². The lowest BCUT2D eigenvalue weighted by atomic mass is 10.0. The molecule has 5 rings (SSSR count). The number of alkyl carbamates (subject to hydrolysis) is 1. The number of carbonyl (C=O) groups excluding carboxylic acids is 1. The van der Waals surface area contributed by atoms with Gasteiger partial charge in [-0.25, -0.2) is 13.2 Å². The SMILES string of the molecule is CC(C)CN(C(Cc1ccccc1)C(O)CNC(=O)OC1COC2OCCC12)S(=O)(=O)c1ccc2nc(N(C)C)oc2c1. The predicted molar refractivity (Wildman–Crippen MR) is 159 cm³/mol. The van der Waals surface area contributed by atoms with Crippen LogP contribution in [0.5, 0.6) is 0 Å². The zero-order valence-corrected chi connectivity index (χ0v) is 25.7. The lowest BCUT2D eigenvalue weighted by Gasteiger charge is -2.35. The van der Waals surface area contributed by atoms with Crippen molar-refractivity contribution in [3.8, 4) is 0 Å². The molecule has 3 heterocycles. The molecule has 2 saturated heterocycles. The number of benzene rings is 2. The summed E-state index contributed by atoms with van der Waals surface area (Å²) in [5.74, 6) is -0.0832. The number of carbonyl (C=O) groups is 1. The third kappa shape index (κ3) is 7.13. The summed E-state index contributed by atoms with van der Waals surface area (Å²) in [5.41, 5.74) is 1.71. The van der Waals surface area contributed by atoms with Crippen LogP contribution in [0.4, 0.5) is 10.8 Å². The molecule has 1 aromatic heterocycles. The van der Waals surface area contributed by atoms with Crippen LogP contribution in [-0.2, 0) is 30.7 Å². The molecule has 5 atom stereocenters. The molecule has 2 aromatic carbocycles. The molecule has 13 heteroatoms. The molecule has 3 aromatic rings. The number of hydrogen-bond donors (Lipinski definition) is 2. The highest BCUT2D eigenvalue weighted by Gasteiger charge is 2.44. The Bertz CT molecular complexity index is 1500. The van der Waals surface area contributed by atoms with E-state index < -0.39 is 34.4 Å². The van der Waals surface area contributed by atoms with Gasteiger partial charge in [-0.15, -0.1) is 0 Å². The van der Waals surface area contributed by atoms with E-state index >= 15 is 0 Å². The average molecular weight is 617 g/mol. The smallest absolute Gasteiger partial charge is 0.407 e. The normalized spacial score (nSPS) is 21.7. The zero-order valence-electron chi connectivity index (χ0n) is 24.9. The Kier molecular flexibility index (Phi) is 9.57.